The molecule has 134 valence electrons. The maximum absolute atomic E-state index is 13.0. The van der Waals surface area contributed by atoms with Crippen LogP contribution in [-0.4, -0.2) is 24.1 Å². The molecule has 0 aliphatic carbocycles. The van der Waals surface area contributed by atoms with Crippen LogP contribution < -0.4 is 4.90 Å². The first kappa shape index (κ1) is 17.7. The first-order valence-corrected chi connectivity index (χ1v) is 8.39. The molecule has 0 atom stereocenters. The number of hydrogen-bond acceptors (Lipinski definition) is 4. The van der Waals surface area contributed by atoms with Gasteiger partial charge >= 0.3 is 5.97 Å². The fourth-order valence-corrected chi connectivity index (χ4v) is 3.26. The summed E-state index contributed by atoms with van der Waals surface area (Å²) in [5.74, 6) is -1.16. The van der Waals surface area contributed by atoms with Gasteiger partial charge in [0.1, 0.15) is 5.76 Å². The summed E-state index contributed by atoms with van der Waals surface area (Å²) in [7, 11) is 1.23. The van der Waals surface area contributed by atoms with Crippen LogP contribution in [0.3, 0.4) is 0 Å². The fraction of sp³-hybridized carbons (Fsp3) is 0.238. The van der Waals surface area contributed by atoms with Gasteiger partial charge in [-0.15, -0.1) is 0 Å². The van der Waals surface area contributed by atoms with E-state index in [2.05, 4.69) is 0 Å². The van der Waals surface area contributed by atoms with Crippen LogP contribution in [0.4, 0.5) is 5.69 Å². The predicted molar refractivity (Wildman–Crippen MR) is 99.7 cm³/mol. The Morgan fingerprint density at radius 3 is 2.42 bits per heavy atom. The van der Waals surface area contributed by atoms with Gasteiger partial charge in [-0.25, -0.2) is 4.79 Å². The van der Waals surface area contributed by atoms with Gasteiger partial charge in [-0.2, -0.15) is 0 Å². The van der Waals surface area contributed by atoms with E-state index in [4.69, 9.17) is 4.74 Å². The van der Waals surface area contributed by atoms with Gasteiger partial charge < -0.3 is 14.7 Å². The van der Waals surface area contributed by atoms with Crippen LogP contribution in [0, 0.1) is 13.8 Å². The molecule has 0 fully saturated rings. The molecule has 3 rings (SSSR count). The third-order valence-electron chi connectivity index (χ3n) is 4.76. The number of hydrogen-bond donors (Lipinski definition) is 1. The van der Waals surface area contributed by atoms with Crippen LogP contribution in [0.2, 0.25) is 0 Å². The van der Waals surface area contributed by atoms with Crippen LogP contribution in [0.25, 0.3) is 5.76 Å². The van der Waals surface area contributed by atoms with E-state index in [1.165, 1.54) is 7.11 Å². The maximum Gasteiger partial charge on any atom is 0.338 e. The van der Waals surface area contributed by atoms with Crippen molar-refractivity contribution < 1.29 is 19.4 Å². The molecule has 5 heteroatoms. The largest absolute Gasteiger partial charge is 0.507 e. The van der Waals surface area contributed by atoms with E-state index < -0.39 is 5.97 Å². The normalized spacial score (nSPS) is 14.1. The van der Waals surface area contributed by atoms with Gasteiger partial charge in [0.25, 0.3) is 0 Å². The third-order valence-corrected chi connectivity index (χ3v) is 4.76. The minimum absolute atomic E-state index is 0.0195. The van der Waals surface area contributed by atoms with E-state index in [0.29, 0.717) is 17.8 Å². The molecular formula is C21H21NO4. The molecule has 0 unspecified atom stereocenters. The molecule has 0 saturated carbocycles. The van der Waals surface area contributed by atoms with Gasteiger partial charge in [0, 0.05) is 5.56 Å². The van der Waals surface area contributed by atoms with E-state index in [9.17, 15) is 14.7 Å². The minimum Gasteiger partial charge on any atom is -0.507 e. The summed E-state index contributed by atoms with van der Waals surface area (Å²) in [5, 5.41) is 10.6. The number of benzene rings is 2. The Morgan fingerprint density at radius 2 is 1.77 bits per heavy atom. The van der Waals surface area contributed by atoms with Crippen molar-refractivity contribution in [1.29, 1.82) is 0 Å². The maximum atomic E-state index is 13.0. The Bertz CT molecular complexity index is 894. The van der Waals surface area contributed by atoms with E-state index in [1.807, 2.05) is 32.0 Å². The van der Waals surface area contributed by atoms with Gasteiger partial charge in [-0.05, 0) is 42.7 Å². The minimum atomic E-state index is -0.695. The molecule has 1 N–H and O–H groups in total. The number of para-hydroxylation sites is 1. The van der Waals surface area contributed by atoms with Crippen molar-refractivity contribution in [3.63, 3.8) is 0 Å². The molecule has 1 aliphatic rings. The first-order chi connectivity index (χ1) is 12.4. The highest BCUT2D eigenvalue weighted by molar-refractivity contribution is 6.09. The zero-order valence-electron chi connectivity index (χ0n) is 15.1. The average Bonchev–Trinajstić information content (AvgIpc) is 2.74. The molecule has 0 spiro atoms. The lowest BCUT2D eigenvalue weighted by Crippen LogP contribution is -2.31. The lowest BCUT2D eigenvalue weighted by Gasteiger charge is -2.25. The van der Waals surface area contributed by atoms with Crippen LogP contribution >= 0.6 is 0 Å². The quantitative estimate of drug-likeness (QED) is 0.857. The summed E-state index contributed by atoms with van der Waals surface area (Å²) in [6, 6.07) is 13.0. The molecule has 2 aromatic carbocycles. The van der Waals surface area contributed by atoms with Crippen LogP contribution in [0.1, 0.15) is 28.7 Å². The first-order valence-electron chi connectivity index (χ1n) is 8.39. The molecule has 0 aromatic heterocycles. The summed E-state index contributed by atoms with van der Waals surface area (Å²) in [6.07, 6.45) is -0.210. The number of amides is 1. The van der Waals surface area contributed by atoms with Gasteiger partial charge in [-0.1, -0.05) is 30.3 Å². The summed E-state index contributed by atoms with van der Waals surface area (Å²) >= 11 is 0. The second-order valence-electron chi connectivity index (χ2n) is 6.36. The van der Waals surface area contributed by atoms with Crippen molar-refractivity contribution in [2.24, 2.45) is 0 Å². The second kappa shape index (κ2) is 7.04. The Hall–Kier alpha value is -3.08. The third kappa shape index (κ3) is 3.08. The molecule has 1 heterocycles. The molecule has 5 nitrogen and oxygen atoms in total. The van der Waals surface area contributed by atoms with Crippen molar-refractivity contribution in [2.45, 2.75) is 26.8 Å². The van der Waals surface area contributed by atoms with Crippen molar-refractivity contribution in [2.75, 3.05) is 12.0 Å². The Labute approximate surface area is 152 Å². The monoisotopic (exact) mass is 351 g/mol. The standard InChI is InChI=1S/C21H21NO4/c1-13-7-6-8-14(2)17(13)12-22-18-10-5-4-9-15(18)20(24)16(11-19(22)23)21(25)26-3/h4-10,24H,11-12H2,1-3H3. The number of carbonyl (C=O) groups is 2. The Morgan fingerprint density at radius 1 is 1.12 bits per heavy atom. The van der Waals surface area contributed by atoms with Gasteiger partial charge in [0.05, 0.1) is 31.3 Å². The topological polar surface area (TPSA) is 66.8 Å². The predicted octanol–water partition coefficient (Wildman–Crippen LogP) is 3.68. The smallest absolute Gasteiger partial charge is 0.338 e. The molecule has 1 aliphatic heterocycles. The number of anilines is 1. The number of nitrogens with zero attached hydrogens (tertiary/aromatic N) is 1. The number of aryl methyl sites for hydroxylation is 2. The Balaban J connectivity index is 2.11. The lowest BCUT2D eigenvalue weighted by molar-refractivity contribution is -0.137. The number of methoxy groups -OCH3 is 1. The van der Waals surface area contributed by atoms with Gasteiger partial charge in [-0.3, -0.25) is 4.79 Å². The van der Waals surface area contributed by atoms with Gasteiger partial charge in [0.2, 0.25) is 5.91 Å². The van der Waals surface area contributed by atoms with Crippen LogP contribution in [0.15, 0.2) is 48.0 Å². The van der Waals surface area contributed by atoms with Crippen LogP contribution in [0.5, 0.6) is 0 Å². The number of carbonyl (C=O) groups excluding carboxylic acids is 2. The highest BCUT2D eigenvalue weighted by Gasteiger charge is 2.31. The zero-order chi connectivity index (χ0) is 18.8. The number of aliphatic hydroxyl groups is 1. The SMILES string of the molecule is COC(=O)C1=C(O)c2ccccc2N(Cc2c(C)cccc2C)C(=O)C1. The van der Waals surface area contributed by atoms with Crippen molar-refractivity contribution in [3.05, 3.63) is 70.3 Å². The van der Waals surface area contributed by atoms with Crippen molar-refractivity contribution in [3.8, 4) is 0 Å². The highest BCUT2D eigenvalue weighted by Crippen LogP contribution is 2.35. The summed E-state index contributed by atoms with van der Waals surface area (Å²) in [5.41, 5.74) is 4.24. The lowest BCUT2D eigenvalue weighted by atomic mass is 10.0. The fourth-order valence-electron chi connectivity index (χ4n) is 3.26. The molecule has 26 heavy (non-hydrogen) atoms. The molecule has 0 radical (unpaired) electrons. The molecule has 2 aromatic rings. The van der Waals surface area contributed by atoms with Crippen molar-refractivity contribution >= 4 is 23.3 Å². The second-order valence-corrected chi connectivity index (χ2v) is 6.36. The average molecular weight is 351 g/mol. The number of ether oxygens (including phenoxy) is 1. The van der Waals surface area contributed by atoms with Crippen molar-refractivity contribution in [1.82, 2.24) is 0 Å². The Kier molecular flexibility index (Phi) is 4.80. The van der Waals surface area contributed by atoms with E-state index in [-0.39, 0.29) is 23.7 Å². The molecular weight excluding hydrogens is 330 g/mol. The summed E-state index contributed by atoms with van der Waals surface area (Å²) in [4.78, 5) is 26.6. The van der Waals surface area contributed by atoms with Crippen LogP contribution in [-0.2, 0) is 20.9 Å². The van der Waals surface area contributed by atoms with E-state index in [0.717, 1.165) is 16.7 Å². The number of rotatable bonds is 3. The van der Waals surface area contributed by atoms with Gasteiger partial charge in [0.15, 0.2) is 0 Å². The summed E-state index contributed by atoms with van der Waals surface area (Å²) in [6.45, 7) is 4.38. The number of esters is 1. The molecule has 1 amide bonds. The summed E-state index contributed by atoms with van der Waals surface area (Å²) < 4.78 is 4.74. The number of fused-ring (bicyclic) bond motifs is 1. The zero-order valence-corrected chi connectivity index (χ0v) is 15.1. The van der Waals surface area contributed by atoms with E-state index in [1.54, 1.807) is 29.2 Å². The van der Waals surface area contributed by atoms with E-state index >= 15 is 0 Å². The molecule has 0 saturated heterocycles. The number of aliphatic hydroxyl groups excluding tert-OH is 1. The highest BCUT2D eigenvalue weighted by atomic mass is 16.5. The molecule has 0 bridgehead atoms.